The molecule has 0 bridgehead atoms. The smallest absolute Gasteiger partial charge is 0.126 e. The lowest BCUT2D eigenvalue weighted by Gasteiger charge is -2.02. The van der Waals surface area contributed by atoms with Gasteiger partial charge in [-0.2, -0.15) is 0 Å². The lowest BCUT2D eigenvalue weighted by Crippen LogP contribution is -1.85. The van der Waals surface area contributed by atoms with Crippen LogP contribution in [0.1, 0.15) is 10.6 Å². The predicted octanol–water partition coefficient (Wildman–Crippen LogP) is 5.63. The topological polar surface area (TPSA) is 22.1 Å². The molecule has 0 fully saturated rings. The van der Waals surface area contributed by atoms with Crippen molar-refractivity contribution in [1.82, 2.24) is 4.98 Å². The second-order valence-electron chi connectivity index (χ2n) is 5.26. The van der Waals surface area contributed by atoms with E-state index in [-0.39, 0.29) is 0 Å². The van der Waals surface area contributed by atoms with Crippen LogP contribution in [-0.2, 0) is 0 Å². The van der Waals surface area contributed by atoms with Gasteiger partial charge in [0.15, 0.2) is 0 Å². The fourth-order valence-corrected chi connectivity index (χ4v) is 3.60. The van der Waals surface area contributed by atoms with Crippen molar-refractivity contribution < 1.29 is 4.74 Å². The number of thiazole rings is 1. The van der Waals surface area contributed by atoms with Gasteiger partial charge in [0.2, 0.25) is 0 Å². The van der Waals surface area contributed by atoms with Gasteiger partial charge in [-0.3, -0.25) is 0 Å². The minimum absolute atomic E-state index is 0.871. The second kappa shape index (κ2) is 5.86. The first kappa shape index (κ1) is 14.0. The third-order valence-electron chi connectivity index (χ3n) is 3.84. The van der Waals surface area contributed by atoms with E-state index in [1.54, 1.807) is 18.4 Å². The van der Waals surface area contributed by atoms with Gasteiger partial charge in [-0.15, -0.1) is 11.3 Å². The second-order valence-corrected chi connectivity index (χ2v) is 6.32. The van der Waals surface area contributed by atoms with Crippen LogP contribution in [-0.4, -0.2) is 12.1 Å². The standard InChI is InChI=1S/C20H15NOS/c1-22-17-9-5-3-7-15(17)11-13-19-21-20-16-8-4-2-6-14(16)10-12-18(20)23-19/h2-13H,1H3/b13-11+. The third kappa shape index (κ3) is 2.60. The zero-order valence-corrected chi connectivity index (χ0v) is 13.5. The van der Waals surface area contributed by atoms with Crippen LogP contribution in [0.3, 0.4) is 0 Å². The predicted molar refractivity (Wildman–Crippen MR) is 99.0 cm³/mol. The number of benzene rings is 3. The number of hydrogen-bond donors (Lipinski definition) is 0. The first-order valence-corrected chi connectivity index (χ1v) is 8.26. The zero-order valence-electron chi connectivity index (χ0n) is 12.7. The van der Waals surface area contributed by atoms with Gasteiger partial charge in [-0.25, -0.2) is 4.98 Å². The van der Waals surface area contributed by atoms with Crippen molar-refractivity contribution in [3.05, 3.63) is 71.2 Å². The monoisotopic (exact) mass is 317 g/mol. The third-order valence-corrected chi connectivity index (χ3v) is 4.83. The Morgan fingerprint density at radius 3 is 2.65 bits per heavy atom. The number of para-hydroxylation sites is 1. The van der Waals surface area contributed by atoms with Crippen molar-refractivity contribution in [2.24, 2.45) is 0 Å². The zero-order chi connectivity index (χ0) is 15.6. The largest absolute Gasteiger partial charge is 0.496 e. The van der Waals surface area contributed by atoms with Crippen molar-refractivity contribution in [1.29, 1.82) is 0 Å². The molecule has 3 heteroatoms. The van der Waals surface area contributed by atoms with Gasteiger partial charge in [0.05, 0.1) is 17.3 Å². The van der Waals surface area contributed by atoms with Crippen LogP contribution in [0.15, 0.2) is 60.7 Å². The minimum atomic E-state index is 0.871. The highest BCUT2D eigenvalue weighted by atomic mass is 32.1. The van der Waals surface area contributed by atoms with E-state index < -0.39 is 0 Å². The molecular weight excluding hydrogens is 302 g/mol. The Hall–Kier alpha value is -2.65. The molecule has 0 radical (unpaired) electrons. The summed E-state index contributed by atoms with van der Waals surface area (Å²) in [6.07, 6.45) is 4.11. The molecule has 0 aliphatic rings. The number of ether oxygens (including phenoxy) is 1. The Kier molecular flexibility index (Phi) is 3.56. The highest BCUT2D eigenvalue weighted by Gasteiger charge is 2.06. The first-order chi connectivity index (χ1) is 11.3. The van der Waals surface area contributed by atoms with Gasteiger partial charge in [-0.1, -0.05) is 48.5 Å². The highest BCUT2D eigenvalue weighted by molar-refractivity contribution is 7.19. The van der Waals surface area contributed by atoms with Gasteiger partial charge in [0, 0.05) is 10.9 Å². The first-order valence-electron chi connectivity index (χ1n) is 7.44. The summed E-state index contributed by atoms with van der Waals surface area (Å²) in [6.45, 7) is 0. The van der Waals surface area contributed by atoms with Crippen LogP contribution in [0.5, 0.6) is 5.75 Å². The number of aromatic nitrogens is 1. The summed E-state index contributed by atoms with van der Waals surface area (Å²) in [4.78, 5) is 4.80. The molecule has 3 aromatic carbocycles. The Labute approximate surface area is 138 Å². The SMILES string of the molecule is COc1ccccc1/C=C/c1nc2c(ccc3ccccc32)s1. The Balaban J connectivity index is 1.78. The molecule has 0 aliphatic heterocycles. The van der Waals surface area contributed by atoms with E-state index in [0.29, 0.717) is 0 Å². The lowest BCUT2D eigenvalue weighted by atomic mass is 10.1. The van der Waals surface area contributed by atoms with Crippen molar-refractivity contribution in [3.8, 4) is 5.75 Å². The molecular formula is C20H15NOS. The molecule has 0 N–H and O–H groups in total. The maximum atomic E-state index is 5.38. The molecule has 0 spiro atoms. The van der Waals surface area contributed by atoms with E-state index in [2.05, 4.69) is 48.6 Å². The molecule has 0 atom stereocenters. The molecule has 23 heavy (non-hydrogen) atoms. The van der Waals surface area contributed by atoms with Crippen molar-refractivity contribution in [2.45, 2.75) is 0 Å². The van der Waals surface area contributed by atoms with Crippen LogP contribution in [0.2, 0.25) is 0 Å². The van der Waals surface area contributed by atoms with E-state index >= 15 is 0 Å². The number of fused-ring (bicyclic) bond motifs is 3. The number of hydrogen-bond acceptors (Lipinski definition) is 3. The summed E-state index contributed by atoms with van der Waals surface area (Å²) >= 11 is 1.71. The molecule has 1 heterocycles. The summed E-state index contributed by atoms with van der Waals surface area (Å²) in [5.41, 5.74) is 2.13. The summed E-state index contributed by atoms with van der Waals surface area (Å²) in [5, 5.41) is 3.44. The quantitative estimate of drug-likeness (QED) is 0.488. The fourth-order valence-electron chi connectivity index (χ4n) is 2.71. The van der Waals surface area contributed by atoms with Crippen LogP contribution in [0, 0.1) is 0 Å². The molecule has 4 rings (SSSR count). The molecule has 0 aliphatic carbocycles. The molecule has 0 saturated carbocycles. The van der Waals surface area contributed by atoms with Crippen LogP contribution in [0.4, 0.5) is 0 Å². The fraction of sp³-hybridized carbons (Fsp3) is 0.0500. The van der Waals surface area contributed by atoms with Gasteiger partial charge in [0.25, 0.3) is 0 Å². The van der Waals surface area contributed by atoms with Gasteiger partial charge in [-0.05, 0) is 29.7 Å². The average molecular weight is 317 g/mol. The Morgan fingerprint density at radius 2 is 1.74 bits per heavy atom. The van der Waals surface area contributed by atoms with Crippen molar-refractivity contribution in [2.75, 3.05) is 7.11 Å². The summed E-state index contributed by atoms with van der Waals surface area (Å²) in [6, 6.07) is 20.7. The summed E-state index contributed by atoms with van der Waals surface area (Å²) in [7, 11) is 1.69. The molecule has 2 nitrogen and oxygen atoms in total. The van der Waals surface area contributed by atoms with E-state index in [0.717, 1.165) is 21.8 Å². The molecule has 0 saturated heterocycles. The minimum Gasteiger partial charge on any atom is -0.496 e. The number of methoxy groups -OCH3 is 1. The van der Waals surface area contributed by atoms with Crippen LogP contribution in [0.25, 0.3) is 33.1 Å². The Morgan fingerprint density at radius 1 is 0.913 bits per heavy atom. The van der Waals surface area contributed by atoms with Gasteiger partial charge < -0.3 is 4.74 Å². The van der Waals surface area contributed by atoms with Crippen molar-refractivity contribution in [3.63, 3.8) is 0 Å². The number of nitrogens with zero attached hydrogens (tertiary/aromatic N) is 1. The van der Waals surface area contributed by atoms with E-state index in [1.165, 1.54) is 15.5 Å². The lowest BCUT2D eigenvalue weighted by molar-refractivity contribution is 0.414. The molecule has 0 unspecified atom stereocenters. The Bertz CT molecular complexity index is 1020. The van der Waals surface area contributed by atoms with E-state index in [1.807, 2.05) is 24.3 Å². The molecule has 1 aromatic heterocycles. The average Bonchev–Trinajstić information content (AvgIpc) is 3.04. The summed E-state index contributed by atoms with van der Waals surface area (Å²) < 4.78 is 6.59. The summed E-state index contributed by atoms with van der Waals surface area (Å²) in [5.74, 6) is 0.871. The van der Waals surface area contributed by atoms with Crippen LogP contribution < -0.4 is 4.74 Å². The maximum absolute atomic E-state index is 5.38. The highest BCUT2D eigenvalue weighted by Crippen LogP contribution is 2.30. The number of rotatable bonds is 3. The van der Waals surface area contributed by atoms with E-state index in [9.17, 15) is 0 Å². The van der Waals surface area contributed by atoms with Crippen molar-refractivity contribution >= 4 is 44.5 Å². The van der Waals surface area contributed by atoms with Crippen LogP contribution >= 0.6 is 11.3 Å². The maximum Gasteiger partial charge on any atom is 0.126 e. The van der Waals surface area contributed by atoms with E-state index in [4.69, 9.17) is 9.72 Å². The molecule has 0 amide bonds. The van der Waals surface area contributed by atoms with Gasteiger partial charge in [0.1, 0.15) is 10.8 Å². The molecule has 4 aromatic rings. The normalized spacial score (nSPS) is 11.5. The van der Waals surface area contributed by atoms with Gasteiger partial charge >= 0.3 is 0 Å². The molecule has 112 valence electrons.